The minimum absolute atomic E-state index is 0.181. The van der Waals surface area contributed by atoms with Gasteiger partial charge in [0.1, 0.15) is 17.1 Å². The summed E-state index contributed by atoms with van der Waals surface area (Å²) in [7, 11) is 3.30. The van der Waals surface area contributed by atoms with Crippen LogP contribution in [0, 0.1) is 0 Å². The Labute approximate surface area is 156 Å². The van der Waals surface area contributed by atoms with Crippen molar-refractivity contribution >= 4 is 0 Å². The largest absolute Gasteiger partial charge is 0.497 e. The quantitative estimate of drug-likeness (QED) is 0.559. The molecule has 3 nitrogen and oxygen atoms in total. The van der Waals surface area contributed by atoms with Gasteiger partial charge in [0.25, 0.3) is 0 Å². The van der Waals surface area contributed by atoms with Crippen molar-refractivity contribution in [3.63, 3.8) is 0 Å². The van der Waals surface area contributed by atoms with Crippen molar-refractivity contribution in [1.29, 1.82) is 0 Å². The maximum atomic E-state index is 7.63. The van der Waals surface area contributed by atoms with Gasteiger partial charge in [-0.15, -0.1) is 0 Å². The van der Waals surface area contributed by atoms with Crippen molar-refractivity contribution in [3.05, 3.63) is 95.6 Å². The Hall–Kier alpha value is -2.78. The highest BCUT2D eigenvalue weighted by Gasteiger charge is 2.37. The molecule has 0 saturated heterocycles. The lowest BCUT2D eigenvalue weighted by atomic mass is 9.80. The lowest BCUT2D eigenvalue weighted by Gasteiger charge is -2.35. The van der Waals surface area contributed by atoms with Crippen molar-refractivity contribution in [2.24, 2.45) is 0 Å². The van der Waals surface area contributed by atoms with Crippen molar-refractivity contribution in [1.82, 2.24) is 0 Å². The summed E-state index contributed by atoms with van der Waals surface area (Å²) in [4.78, 5) is 0. The van der Waals surface area contributed by atoms with E-state index in [0.29, 0.717) is 6.61 Å². The van der Waals surface area contributed by atoms with E-state index in [1.54, 1.807) is 14.2 Å². The van der Waals surface area contributed by atoms with Crippen LogP contribution < -0.4 is 9.47 Å². The molecule has 0 N–H and O–H groups in total. The molecule has 0 heterocycles. The van der Waals surface area contributed by atoms with Crippen LogP contribution in [0.1, 0.15) is 25.0 Å². The number of rotatable bonds is 7. The molecule has 3 heteroatoms. The molecule has 26 heavy (non-hydrogen) atoms. The molecule has 0 aliphatic heterocycles. The second kappa shape index (κ2) is 8.07. The highest BCUT2D eigenvalue weighted by molar-refractivity contribution is 5.49. The maximum Gasteiger partial charge on any atom is 0.143 e. The maximum absolute atomic E-state index is 7.63. The van der Waals surface area contributed by atoms with E-state index in [0.717, 1.165) is 28.2 Å². The third-order valence-electron chi connectivity index (χ3n) is 4.49. The average Bonchev–Trinajstić information content (AvgIpc) is 2.76. The van der Waals surface area contributed by atoms with Gasteiger partial charge in [-0.05, 0) is 47.9 Å². The summed E-state index contributed by atoms with van der Waals surface area (Å²) < 4.78 is 24.7. The monoisotopic (exact) mass is 350 g/mol. The number of hydrogen-bond donors (Lipinski definition) is 0. The molecule has 3 aromatic carbocycles. The van der Waals surface area contributed by atoms with Crippen LogP contribution in [0.15, 0.2) is 78.9 Å². The van der Waals surface area contributed by atoms with Crippen LogP contribution in [0.3, 0.4) is 0 Å². The SMILES string of the molecule is [3H]CCOC(c1ccccc1)(c1ccc(OC)cc1)c1ccc(OC)cc1. The Bertz CT molecular complexity index is 782. The van der Waals surface area contributed by atoms with E-state index >= 15 is 0 Å². The van der Waals surface area contributed by atoms with Gasteiger partial charge >= 0.3 is 0 Å². The first kappa shape index (κ1) is 16.7. The zero-order chi connectivity index (χ0) is 19.1. The molecule has 3 rings (SSSR count). The van der Waals surface area contributed by atoms with Gasteiger partial charge in [0.2, 0.25) is 0 Å². The lowest BCUT2D eigenvalue weighted by molar-refractivity contribution is 0.0215. The fourth-order valence-electron chi connectivity index (χ4n) is 3.23. The molecule has 0 aromatic heterocycles. The molecule has 0 fully saturated rings. The second-order valence-electron chi connectivity index (χ2n) is 5.85. The molecule has 0 amide bonds. The second-order valence-corrected chi connectivity index (χ2v) is 5.85. The number of methoxy groups -OCH3 is 2. The van der Waals surface area contributed by atoms with Gasteiger partial charge in [-0.25, -0.2) is 0 Å². The minimum atomic E-state index is -0.819. The third kappa shape index (κ3) is 3.31. The van der Waals surface area contributed by atoms with E-state index in [2.05, 4.69) is 12.1 Å². The van der Waals surface area contributed by atoms with Crippen molar-refractivity contribution < 1.29 is 15.6 Å². The summed E-state index contributed by atoms with van der Waals surface area (Å²) in [6.45, 7) is 0.494. The van der Waals surface area contributed by atoms with Gasteiger partial charge in [0.05, 0.1) is 14.2 Å². The van der Waals surface area contributed by atoms with E-state index in [9.17, 15) is 0 Å². The molecule has 0 spiro atoms. The van der Waals surface area contributed by atoms with Crippen LogP contribution in [-0.2, 0) is 10.3 Å². The van der Waals surface area contributed by atoms with Gasteiger partial charge in [0.15, 0.2) is 0 Å². The fraction of sp³-hybridized carbons (Fsp3) is 0.217. The highest BCUT2D eigenvalue weighted by Crippen LogP contribution is 2.41. The van der Waals surface area contributed by atoms with Gasteiger partial charge in [-0.2, -0.15) is 0 Å². The Morgan fingerprint density at radius 3 is 1.58 bits per heavy atom. The molecule has 0 radical (unpaired) electrons. The molecule has 0 saturated carbocycles. The molecular weight excluding hydrogens is 324 g/mol. The molecule has 0 aliphatic rings. The van der Waals surface area contributed by atoms with E-state index in [-0.39, 0.29) is 6.90 Å². The molecule has 0 atom stereocenters. The molecular formula is C23H24O3. The highest BCUT2D eigenvalue weighted by atomic mass is 16.5. The average molecular weight is 350 g/mol. The zero-order valence-corrected chi connectivity index (χ0v) is 15.1. The standard InChI is InChI=1S/C23H24O3/c1-4-26-23(18-8-6-5-7-9-18,19-10-14-21(24-2)15-11-19)20-12-16-22(25-3)17-13-20/h5-17H,4H2,1-3H3/i1T. The topological polar surface area (TPSA) is 27.7 Å². The number of ether oxygens (including phenoxy) is 3. The molecule has 0 unspecified atom stereocenters. The lowest BCUT2D eigenvalue weighted by Crippen LogP contribution is -2.32. The van der Waals surface area contributed by atoms with Crippen LogP contribution in [-0.4, -0.2) is 20.8 Å². The number of hydrogen-bond acceptors (Lipinski definition) is 3. The molecule has 0 bridgehead atoms. The predicted molar refractivity (Wildman–Crippen MR) is 104 cm³/mol. The van der Waals surface area contributed by atoms with Crippen LogP contribution in [0.2, 0.25) is 0 Å². The van der Waals surface area contributed by atoms with Crippen molar-refractivity contribution in [2.45, 2.75) is 12.5 Å². The summed E-state index contributed by atoms with van der Waals surface area (Å²) in [5.74, 6) is 1.58. The number of benzene rings is 3. The minimum Gasteiger partial charge on any atom is -0.497 e. The van der Waals surface area contributed by atoms with Crippen molar-refractivity contribution in [2.75, 3.05) is 20.8 Å². The van der Waals surface area contributed by atoms with Crippen LogP contribution in [0.4, 0.5) is 0 Å². The Kier molecular flexibility index (Phi) is 5.17. The summed E-state index contributed by atoms with van der Waals surface area (Å²) in [5, 5.41) is 0. The first-order valence-corrected chi connectivity index (χ1v) is 8.52. The van der Waals surface area contributed by atoms with Gasteiger partial charge < -0.3 is 14.2 Å². The third-order valence-corrected chi connectivity index (χ3v) is 4.49. The molecule has 3 aromatic rings. The van der Waals surface area contributed by atoms with Gasteiger partial charge in [0, 0.05) is 7.98 Å². The van der Waals surface area contributed by atoms with Crippen LogP contribution in [0.25, 0.3) is 0 Å². The Balaban J connectivity index is 2.22. The predicted octanol–water partition coefficient (Wildman–Crippen LogP) is 5.03. The van der Waals surface area contributed by atoms with E-state index < -0.39 is 5.60 Å². The van der Waals surface area contributed by atoms with E-state index in [4.69, 9.17) is 15.6 Å². The Morgan fingerprint density at radius 1 is 0.692 bits per heavy atom. The zero-order valence-electron chi connectivity index (χ0n) is 16.1. The summed E-state index contributed by atoms with van der Waals surface area (Å²) in [6, 6.07) is 25.9. The smallest absolute Gasteiger partial charge is 0.143 e. The summed E-state index contributed by atoms with van der Waals surface area (Å²) in [6.07, 6.45) is 0. The molecule has 0 aliphatic carbocycles. The Morgan fingerprint density at radius 2 is 1.15 bits per heavy atom. The molecule has 134 valence electrons. The van der Waals surface area contributed by atoms with E-state index in [1.807, 2.05) is 66.7 Å². The normalized spacial score (nSPS) is 11.7. The van der Waals surface area contributed by atoms with Crippen molar-refractivity contribution in [3.8, 4) is 11.5 Å². The van der Waals surface area contributed by atoms with Gasteiger partial charge in [-0.3, -0.25) is 0 Å². The van der Waals surface area contributed by atoms with Gasteiger partial charge in [-0.1, -0.05) is 54.6 Å². The first-order chi connectivity index (χ1) is 13.2. The van der Waals surface area contributed by atoms with Crippen LogP contribution in [0.5, 0.6) is 11.5 Å². The first-order valence-electron chi connectivity index (χ1n) is 9.23. The summed E-state index contributed by atoms with van der Waals surface area (Å²) in [5.41, 5.74) is 2.15. The van der Waals surface area contributed by atoms with Crippen LogP contribution >= 0.6 is 0 Å². The van der Waals surface area contributed by atoms with E-state index in [1.165, 1.54) is 0 Å². The summed E-state index contributed by atoms with van der Waals surface area (Å²) >= 11 is 0. The fourth-order valence-corrected chi connectivity index (χ4v) is 3.23.